The monoisotopic (exact) mass is 150 g/mol. The van der Waals surface area contributed by atoms with Crippen molar-refractivity contribution >= 4 is 17.4 Å². The fourth-order valence-corrected chi connectivity index (χ4v) is 0. The Kier molecular flexibility index (Phi) is 2870. The van der Waals surface area contributed by atoms with Gasteiger partial charge in [-0.3, -0.25) is 0 Å². The molecule has 0 nitrogen and oxygen atoms in total. The summed E-state index contributed by atoms with van der Waals surface area (Å²) in [5.74, 6) is 0. The molecule has 0 aromatic rings. The van der Waals surface area contributed by atoms with Crippen molar-refractivity contribution in [2.45, 2.75) is 27.7 Å². The van der Waals surface area contributed by atoms with Crippen molar-refractivity contribution in [3.8, 4) is 0 Å². The molecule has 0 aliphatic rings. The van der Waals surface area contributed by atoms with Crippen LogP contribution >= 0.6 is 0 Å². The van der Waals surface area contributed by atoms with E-state index in [9.17, 15) is 0 Å². The minimum absolute atomic E-state index is 0. The first kappa shape index (κ1) is 43.4. The van der Waals surface area contributed by atoms with Gasteiger partial charge in [0.1, 0.15) is 0 Å². The topological polar surface area (TPSA) is 0 Å². The molecule has 0 aromatic carbocycles. The van der Waals surface area contributed by atoms with Gasteiger partial charge in [0.15, 0.2) is 0 Å². The first-order chi connectivity index (χ1) is 4.00. The Hall–Kier alpha value is 1.13. The molecule has 0 saturated carbocycles. The predicted molar refractivity (Wildman–Crippen MR) is 49.9 cm³/mol. The van der Waals surface area contributed by atoms with Gasteiger partial charge >= 0.3 is 36.2 Å². The van der Waals surface area contributed by atoms with Gasteiger partial charge in [0.2, 0.25) is 0 Å². The zero-order chi connectivity index (χ0) is 8.00. The van der Waals surface area contributed by atoms with Crippen LogP contribution in [-0.4, -0.2) is 17.4 Å². The van der Waals surface area contributed by atoms with Crippen LogP contribution in [0.1, 0.15) is 27.7 Å². The molecule has 0 fully saturated rings. The van der Waals surface area contributed by atoms with Crippen LogP contribution < -0.4 is 18.9 Å². The summed E-state index contributed by atoms with van der Waals surface area (Å²) in [5.41, 5.74) is 0. The fraction of sp³-hybridized carbons (Fsp3) is 0.500. The van der Waals surface area contributed by atoms with Crippen molar-refractivity contribution < 1.29 is 18.9 Å². The smallest absolute Gasteiger partial charge is 0.346 e. The quantitative estimate of drug-likeness (QED) is 0.336. The maximum atomic E-state index is 3.25. The van der Waals surface area contributed by atoms with Gasteiger partial charge in [0.05, 0.1) is 0 Å². The molecule has 0 N–H and O–H groups in total. The van der Waals surface area contributed by atoms with Gasteiger partial charge in [-0.2, -0.15) is 27.7 Å². The molecule has 0 atom stereocenters. The van der Waals surface area contributed by atoms with Gasteiger partial charge in [-0.25, -0.2) is 0 Å². The summed E-state index contributed by atoms with van der Waals surface area (Å²) in [7, 11) is 0. The Morgan fingerprint density at radius 2 is 0.500 bits per heavy atom. The SMILES string of the molecule is [Al+3].[CH2-]C.[CH2-]C.[CH2-]C.[CH2-]C.[Li+]. The maximum absolute atomic E-state index is 3.25. The molecule has 2 heteroatoms. The van der Waals surface area contributed by atoms with E-state index in [1.807, 2.05) is 0 Å². The normalized spacial score (nSPS) is 2.40. The number of hydrogen-bond acceptors (Lipinski definition) is 0. The van der Waals surface area contributed by atoms with Gasteiger partial charge in [-0.15, -0.1) is 0 Å². The molecule has 10 heavy (non-hydrogen) atoms. The van der Waals surface area contributed by atoms with E-state index in [1.165, 1.54) is 0 Å². The van der Waals surface area contributed by atoms with Crippen LogP contribution in [0.2, 0.25) is 0 Å². The maximum Gasteiger partial charge on any atom is 3.00 e. The summed E-state index contributed by atoms with van der Waals surface area (Å²) in [6.45, 7) is 20.0. The van der Waals surface area contributed by atoms with Gasteiger partial charge in [0, 0.05) is 0 Å². The molecule has 0 spiro atoms. The summed E-state index contributed by atoms with van der Waals surface area (Å²) in [6.07, 6.45) is 0. The third-order valence-electron chi connectivity index (χ3n) is 0. The fourth-order valence-electron chi connectivity index (χ4n) is 0. The second-order valence-corrected chi connectivity index (χ2v) is 0. The third kappa shape index (κ3) is 473. The molecular weight excluding hydrogens is 130 g/mol. The molecule has 56 valence electrons. The summed E-state index contributed by atoms with van der Waals surface area (Å²) in [5, 5.41) is 0. The van der Waals surface area contributed by atoms with Crippen molar-refractivity contribution in [3.63, 3.8) is 0 Å². The first-order valence-corrected chi connectivity index (χ1v) is 2.83. The molecule has 0 amide bonds. The second kappa shape index (κ2) is 661. The van der Waals surface area contributed by atoms with E-state index < -0.39 is 0 Å². The molecule has 0 aliphatic carbocycles. The second-order valence-electron chi connectivity index (χ2n) is 0. The Bertz CT molecular complexity index is 9.22. The van der Waals surface area contributed by atoms with Gasteiger partial charge in [0.25, 0.3) is 0 Å². The van der Waals surface area contributed by atoms with Crippen LogP contribution in [0.25, 0.3) is 0 Å². The largest absolute Gasteiger partial charge is 3.00 e. The van der Waals surface area contributed by atoms with Crippen LogP contribution in [0.5, 0.6) is 0 Å². The van der Waals surface area contributed by atoms with Gasteiger partial charge in [-0.05, 0) is 0 Å². The molecule has 0 bridgehead atoms. The Balaban J connectivity index is -0.00000000500. The van der Waals surface area contributed by atoms with E-state index in [2.05, 4.69) is 27.7 Å². The molecular formula is C8H20AlLi. The van der Waals surface area contributed by atoms with Crippen LogP contribution in [0.3, 0.4) is 0 Å². The van der Waals surface area contributed by atoms with E-state index in [0.29, 0.717) is 0 Å². The van der Waals surface area contributed by atoms with Crippen LogP contribution in [0, 0.1) is 27.7 Å². The predicted octanol–water partition coefficient (Wildman–Crippen LogP) is -0.0152. The summed E-state index contributed by atoms with van der Waals surface area (Å²) in [4.78, 5) is 0. The minimum atomic E-state index is 0. The van der Waals surface area contributed by atoms with Crippen molar-refractivity contribution in [2.24, 2.45) is 0 Å². The third-order valence-corrected chi connectivity index (χ3v) is 0. The van der Waals surface area contributed by atoms with Crippen molar-refractivity contribution in [3.05, 3.63) is 27.7 Å². The molecule has 0 saturated heterocycles. The van der Waals surface area contributed by atoms with Crippen molar-refractivity contribution in [1.82, 2.24) is 0 Å². The average molecular weight is 150 g/mol. The van der Waals surface area contributed by atoms with Crippen LogP contribution in [0.15, 0.2) is 0 Å². The van der Waals surface area contributed by atoms with Gasteiger partial charge < -0.3 is 27.7 Å². The van der Waals surface area contributed by atoms with E-state index >= 15 is 0 Å². The van der Waals surface area contributed by atoms with E-state index in [1.54, 1.807) is 27.7 Å². The molecule has 0 radical (unpaired) electrons. The molecule has 0 aromatic heterocycles. The zero-order valence-electron chi connectivity index (χ0n) is 8.41. The number of hydrogen-bond donors (Lipinski definition) is 0. The van der Waals surface area contributed by atoms with Gasteiger partial charge in [-0.1, -0.05) is 0 Å². The molecule has 0 heterocycles. The van der Waals surface area contributed by atoms with E-state index in [4.69, 9.17) is 0 Å². The molecule has 0 rings (SSSR count). The summed E-state index contributed by atoms with van der Waals surface area (Å²) in [6, 6.07) is 0. The minimum Gasteiger partial charge on any atom is -0.346 e. The first-order valence-electron chi connectivity index (χ1n) is 2.83. The zero-order valence-corrected chi connectivity index (χ0v) is 9.56. The van der Waals surface area contributed by atoms with Crippen molar-refractivity contribution in [1.29, 1.82) is 0 Å². The summed E-state index contributed by atoms with van der Waals surface area (Å²) < 4.78 is 0. The van der Waals surface area contributed by atoms with Crippen LogP contribution in [0.4, 0.5) is 0 Å². The Morgan fingerprint density at radius 3 is 0.500 bits per heavy atom. The van der Waals surface area contributed by atoms with Crippen LogP contribution in [-0.2, 0) is 0 Å². The molecule has 0 aliphatic heterocycles. The van der Waals surface area contributed by atoms with Crippen molar-refractivity contribution in [2.75, 3.05) is 0 Å². The standard InChI is InChI=1S/4C2H5.Al.Li/c4*1-2;;/h4*1H2,2H3;;/q4*-1;+3;+1. The van der Waals surface area contributed by atoms with E-state index in [-0.39, 0.29) is 36.2 Å². The van der Waals surface area contributed by atoms with E-state index in [0.717, 1.165) is 0 Å². The Morgan fingerprint density at radius 1 is 0.500 bits per heavy atom. The summed E-state index contributed by atoms with van der Waals surface area (Å²) >= 11 is 0. The average Bonchev–Trinajstić information content (AvgIpc) is 2.03. The number of rotatable bonds is 0. The molecule has 0 unspecified atom stereocenters. The Labute approximate surface area is 91.5 Å².